The van der Waals surface area contributed by atoms with Gasteiger partial charge in [0.15, 0.2) is 5.65 Å². The van der Waals surface area contributed by atoms with Crippen molar-refractivity contribution in [1.29, 1.82) is 0 Å². The lowest BCUT2D eigenvalue weighted by atomic mass is 9.78. The fourth-order valence-electron chi connectivity index (χ4n) is 4.36. The van der Waals surface area contributed by atoms with E-state index in [0.717, 1.165) is 35.0 Å². The molecule has 29 heavy (non-hydrogen) atoms. The molecule has 0 saturated heterocycles. The molecule has 0 spiro atoms. The van der Waals surface area contributed by atoms with Crippen LogP contribution in [0, 0.1) is 11.8 Å². The highest BCUT2D eigenvalue weighted by Gasteiger charge is 2.29. The standard InChI is InChI=1S/C22H29N5OS/c1-5-27-18-12-7-6-10-16(18)19-20(27)24-22(26-25-19)29-15(4)21(28)23-17-11-8-9-13(2)14(17)3/h6-7,10,12-15,17H,5,8-9,11H2,1-4H3,(H,23,28)/t13-,14-,15+,17+/m0/s1. The molecule has 1 amide bonds. The Morgan fingerprint density at radius 1 is 1.28 bits per heavy atom. The second-order valence-corrected chi connectivity index (χ2v) is 9.48. The molecule has 0 radical (unpaired) electrons. The van der Waals surface area contributed by atoms with E-state index in [9.17, 15) is 4.79 Å². The summed E-state index contributed by atoms with van der Waals surface area (Å²) in [4.78, 5) is 17.5. The Labute approximate surface area is 175 Å². The molecule has 4 rings (SSSR count). The number of nitrogens with one attached hydrogen (secondary N) is 1. The number of aryl methyl sites for hydroxylation is 1. The predicted octanol–water partition coefficient (Wildman–Crippen LogP) is 4.42. The highest BCUT2D eigenvalue weighted by molar-refractivity contribution is 8.00. The fraction of sp³-hybridized carbons (Fsp3) is 0.545. The van der Waals surface area contributed by atoms with E-state index in [0.29, 0.717) is 17.0 Å². The minimum absolute atomic E-state index is 0.0562. The maximum atomic E-state index is 12.8. The molecule has 4 atom stereocenters. The summed E-state index contributed by atoms with van der Waals surface area (Å²) < 4.78 is 2.15. The Bertz CT molecular complexity index is 1030. The van der Waals surface area contributed by atoms with Crippen LogP contribution in [0.4, 0.5) is 0 Å². The van der Waals surface area contributed by atoms with Crippen molar-refractivity contribution in [3.8, 4) is 0 Å². The third-order valence-corrected chi connectivity index (χ3v) is 7.31. The van der Waals surface area contributed by atoms with Crippen molar-refractivity contribution in [2.45, 2.75) is 70.0 Å². The third kappa shape index (κ3) is 3.84. The number of hydrogen-bond donors (Lipinski definition) is 1. The molecule has 2 heterocycles. The molecular formula is C22H29N5OS. The molecule has 1 aliphatic carbocycles. The Morgan fingerprint density at radius 3 is 2.86 bits per heavy atom. The van der Waals surface area contributed by atoms with Gasteiger partial charge in [-0.15, -0.1) is 10.2 Å². The molecule has 1 N–H and O–H groups in total. The van der Waals surface area contributed by atoms with Gasteiger partial charge in [-0.05, 0) is 38.2 Å². The highest BCUT2D eigenvalue weighted by atomic mass is 32.2. The van der Waals surface area contributed by atoms with E-state index in [4.69, 9.17) is 4.98 Å². The molecule has 1 aromatic carbocycles. The second-order valence-electron chi connectivity index (χ2n) is 8.17. The summed E-state index contributed by atoms with van der Waals surface area (Å²) >= 11 is 1.38. The summed E-state index contributed by atoms with van der Waals surface area (Å²) in [5.74, 6) is 1.23. The van der Waals surface area contributed by atoms with Crippen LogP contribution in [0.25, 0.3) is 22.1 Å². The van der Waals surface area contributed by atoms with Crippen LogP contribution in [-0.2, 0) is 11.3 Å². The first-order chi connectivity index (χ1) is 14.0. The van der Waals surface area contributed by atoms with Crippen molar-refractivity contribution < 1.29 is 4.79 Å². The highest BCUT2D eigenvalue weighted by Crippen LogP contribution is 2.31. The van der Waals surface area contributed by atoms with E-state index < -0.39 is 0 Å². The fourth-order valence-corrected chi connectivity index (χ4v) is 5.08. The van der Waals surface area contributed by atoms with Crippen LogP contribution in [0.3, 0.4) is 0 Å². The number of carbonyl (C=O) groups is 1. The summed E-state index contributed by atoms with van der Waals surface area (Å²) in [6, 6.07) is 8.42. The van der Waals surface area contributed by atoms with Crippen LogP contribution >= 0.6 is 11.8 Å². The molecule has 1 saturated carbocycles. The van der Waals surface area contributed by atoms with Gasteiger partial charge in [-0.25, -0.2) is 4.98 Å². The first-order valence-corrected chi connectivity index (χ1v) is 11.5. The van der Waals surface area contributed by atoms with Crippen molar-refractivity contribution in [1.82, 2.24) is 25.1 Å². The van der Waals surface area contributed by atoms with Crippen LogP contribution in [-0.4, -0.2) is 36.9 Å². The number of para-hydroxylation sites is 1. The molecule has 3 aromatic rings. The summed E-state index contributed by atoms with van der Waals surface area (Å²) in [6.07, 6.45) is 3.50. The SMILES string of the molecule is CCn1c2ccccc2c2nnc(S[C@H](C)C(=O)N[C@@H]3CCC[C@H](C)[C@@H]3C)nc21. The average Bonchev–Trinajstić information content (AvgIpc) is 3.04. The van der Waals surface area contributed by atoms with Gasteiger partial charge < -0.3 is 9.88 Å². The summed E-state index contributed by atoms with van der Waals surface area (Å²) in [5.41, 5.74) is 2.75. The van der Waals surface area contributed by atoms with Crippen molar-refractivity contribution in [2.24, 2.45) is 11.8 Å². The first kappa shape index (κ1) is 20.1. The Kier molecular flexibility index (Phi) is 5.76. The van der Waals surface area contributed by atoms with Crippen molar-refractivity contribution in [3.63, 3.8) is 0 Å². The number of carbonyl (C=O) groups excluding carboxylic acids is 1. The smallest absolute Gasteiger partial charge is 0.233 e. The molecule has 2 aromatic heterocycles. The second kappa shape index (κ2) is 8.30. The van der Waals surface area contributed by atoms with Gasteiger partial charge in [-0.1, -0.05) is 56.7 Å². The summed E-state index contributed by atoms with van der Waals surface area (Å²) in [5, 5.41) is 13.4. The van der Waals surface area contributed by atoms with E-state index in [1.807, 2.05) is 19.1 Å². The van der Waals surface area contributed by atoms with Gasteiger partial charge in [-0.3, -0.25) is 4.79 Å². The topological polar surface area (TPSA) is 72.7 Å². The molecule has 7 heteroatoms. The molecule has 1 aliphatic rings. The van der Waals surface area contributed by atoms with Gasteiger partial charge in [0.25, 0.3) is 0 Å². The van der Waals surface area contributed by atoms with Gasteiger partial charge in [0, 0.05) is 18.0 Å². The summed E-state index contributed by atoms with van der Waals surface area (Å²) in [7, 11) is 0. The van der Waals surface area contributed by atoms with Gasteiger partial charge in [0.2, 0.25) is 11.1 Å². The van der Waals surface area contributed by atoms with Gasteiger partial charge in [0.1, 0.15) is 5.52 Å². The predicted molar refractivity (Wildman–Crippen MR) is 118 cm³/mol. The number of hydrogen-bond acceptors (Lipinski definition) is 5. The molecule has 1 fully saturated rings. The van der Waals surface area contributed by atoms with Crippen molar-refractivity contribution in [3.05, 3.63) is 24.3 Å². The molecule has 0 aliphatic heterocycles. The number of rotatable bonds is 5. The minimum atomic E-state index is -0.266. The van der Waals surface area contributed by atoms with E-state index in [2.05, 4.69) is 53.0 Å². The number of fused-ring (bicyclic) bond motifs is 3. The maximum absolute atomic E-state index is 12.8. The maximum Gasteiger partial charge on any atom is 0.233 e. The Balaban J connectivity index is 1.52. The lowest BCUT2D eigenvalue weighted by Crippen LogP contribution is -2.46. The van der Waals surface area contributed by atoms with E-state index in [1.54, 1.807) is 0 Å². The van der Waals surface area contributed by atoms with Gasteiger partial charge >= 0.3 is 0 Å². The lowest BCUT2D eigenvalue weighted by molar-refractivity contribution is -0.121. The number of benzene rings is 1. The minimum Gasteiger partial charge on any atom is -0.352 e. The van der Waals surface area contributed by atoms with Crippen molar-refractivity contribution >= 4 is 39.7 Å². The monoisotopic (exact) mass is 411 g/mol. The van der Waals surface area contributed by atoms with E-state index in [-0.39, 0.29) is 17.2 Å². The zero-order valence-electron chi connectivity index (χ0n) is 17.6. The van der Waals surface area contributed by atoms with Crippen molar-refractivity contribution in [2.75, 3.05) is 0 Å². The molecule has 6 nitrogen and oxygen atoms in total. The van der Waals surface area contributed by atoms with Gasteiger partial charge in [-0.2, -0.15) is 0 Å². The average molecular weight is 412 g/mol. The quantitative estimate of drug-likeness (QED) is 0.629. The number of nitrogens with zero attached hydrogens (tertiary/aromatic N) is 4. The molecule has 154 valence electrons. The lowest BCUT2D eigenvalue weighted by Gasteiger charge is -2.35. The van der Waals surface area contributed by atoms with Crippen LogP contribution < -0.4 is 5.32 Å². The zero-order valence-corrected chi connectivity index (χ0v) is 18.4. The largest absolute Gasteiger partial charge is 0.352 e. The van der Waals surface area contributed by atoms with Crippen LogP contribution in [0.5, 0.6) is 0 Å². The molecule has 0 unspecified atom stereocenters. The third-order valence-electron chi connectivity index (χ3n) is 6.36. The number of aromatic nitrogens is 4. The zero-order chi connectivity index (χ0) is 20.5. The summed E-state index contributed by atoms with van der Waals surface area (Å²) in [6.45, 7) is 9.35. The van der Waals surface area contributed by atoms with Gasteiger partial charge in [0.05, 0.1) is 10.8 Å². The van der Waals surface area contributed by atoms with E-state index >= 15 is 0 Å². The number of amides is 1. The normalized spacial score (nSPS) is 23.4. The number of thioether (sulfide) groups is 1. The molecule has 0 bridgehead atoms. The van der Waals surface area contributed by atoms with E-state index in [1.165, 1.54) is 24.6 Å². The van der Waals surface area contributed by atoms with Crippen LogP contribution in [0.15, 0.2) is 29.4 Å². The van der Waals surface area contributed by atoms with Crippen LogP contribution in [0.1, 0.15) is 47.0 Å². The Morgan fingerprint density at radius 2 is 2.07 bits per heavy atom. The van der Waals surface area contributed by atoms with Crippen LogP contribution in [0.2, 0.25) is 0 Å². The molecular weight excluding hydrogens is 382 g/mol. The first-order valence-electron chi connectivity index (χ1n) is 10.6. The Hall–Kier alpha value is -2.15.